The van der Waals surface area contributed by atoms with Gasteiger partial charge in [-0.1, -0.05) is 18.2 Å². The highest BCUT2D eigenvalue weighted by molar-refractivity contribution is 6.04. The van der Waals surface area contributed by atoms with Crippen LogP contribution in [0.15, 0.2) is 66.9 Å². The first kappa shape index (κ1) is 17.4. The van der Waals surface area contributed by atoms with Gasteiger partial charge in [-0.15, -0.1) is 0 Å². The average Bonchev–Trinajstić information content (AvgIpc) is 2.64. The Balaban J connectivity index is 1.77. The molecule has 0 atom stereocenters. The number of halogens is 1. The van der Waals surface area contributed by atoms with Gasteiger partial charge in [0.05, 0.1) is 12.3 Å². The van der Waals surface area contributed by atoms with Gasteiger partial charge >= 0.3 is 0 Å². The van der Waals surface area contributed by atoms with Crippen molar-refractivity contribution in [2.45, 2.75) is 6.92 Å². The van der Waals surface area contributed by atoms with E-state index in [2.05, 4.69) is 15.6 Å². The molecule has 0 fully saturated rings. The minimum absolute atomic E-state index is 0.348. The maximum absolute atomic E-state index is 13.2. The highest BCUT2D eigenvalue weighted by Gasteiger charge is 2.09. The van der Waals surface area contributed by atoms with Crippen LogP contribution in [0.1, 0.15) is 17.3 Å². The predicted octanol–water partition coefficient (Wildman–Crippen LogP) is 4.62. The molecule has 1 heterocycles. The fourth-order valence-electron chi connectivity index (χ4n) is 2.40. The maximum Gasteiger partial charge on any atom is 0.255 e. The molecule has 0 saturated heterocycles. The molecule has 5 nitrogen and oxygen atoms in total. The molecule has 6 heteroatoms. The normalized spacial score (nSPS) is 10.2. The Morgan fingerprint density at radius 3 is 2.77 bits per heavy atom. The van der Waals surface area contributed by atoms with Gasteiger partial charge in [0.25, 0.3) is 5.91 Å². The summed E-state index contributed by atoms with van der Waals surface area (Å²) in [4.78, 5) is 16.6. The van der Waals surface area contributed by atoms with E-state index in [-0.39, 0.29) is 5.91 Å². The maximum atomic E-state index is 13.2. The van der Waals surface area contributed by atoms with Crippen molar-refractivity contribution in [3.05, 3.63) is 78.2 Å². The Hall–Kier alpha value is -3.41. The number of nitrogens with zero attached hydrogens (tertiary/aromatic N) is 1. The highest BCUT2D eigenvalue weighted by Crippen LogP contribution is 2.27. The number of anilines is 3. The van der Waals surface area contributed by atoms with Gasteiger partial charge in [-0.3, -0.25) is 4.79 Å². The second-order valence-electron chi connectivity index (χ2n) is 5.45. The fourth-order valence-corrected chi connectivity index (χ4v) is 2.40. The zero-order valence-corrected chi connectivity index (χ0v) is 14.2. The molecule has 1 aromatic heterocycles. The lowest BCUT2D eigenvalue weighted by atomic mass is 10.2. The second-order valence-corrected chi connectivity index (χ2v) is 5.45. The highest BCUT2D eigenvalue weighted by atomic mass is 19.1. The second kappa shape index (κ2) is 8.11. The number of aromatic nitrogens is 1. The number of nitrogens with one attached hydrogen (secondary N) is 2. The van der Waals surface area contributed by atoms with Crippen LogP contribution in [0.2, 0.25) is 0 Å². The van der Waals surface area contributed by atoms with E-state index >= 15 is 0 Å². The van der Waals surface area contributed by atoms with Crippen molar-refractivity contribution in [3.63, 3.8) is 0 Å². The first-order chi connectivity index (χ1) is 12.7. The quantitative estimate of drug-likeness (QED) is 0.680. The summed E-state index contributed by atoms with van der Waals surface area (Å²) >= 11 is 0. The van der Waals surface area contributed by atoms with Gasteiger partial charge in [0.2, 0.25) is 0 Å². The molecule has 3 aromatic rings. The third-order valence-electron chi connectivity index (χ3n) is 3.55. The van der Waals surface area contributed by atoms with E-state index in [1.165, 1.54) is 24.4 Å². The molecule has 0 unspecified atom stereocenters. The van der Waals surface area contributed by atoms with Gasteiger partial charge in [-0.05, 0) is 49.4 Å². The molecule has 132 valence electrons. The van der Waals surface area contributed by atoms with Crippen molar-refractivity contribution in [2.75, 3.05) is 17.2 Å². The molecule has 2 N–H and O–H groups in total. The summed E-state index contributed by atoms with van der Waals surface area (Å²) in [5, 5.41) is 5.81. The number of benzene rings is 2. The van der Waals surface area contributed by atoms with Crippen molar-refractivity contribution < 1.29 is 13.9 Å². The molecule has 26 heavy (non-hydrogen) atoms. The Kier molecular flexibility index (Phi) is 5.43. The molecule has 3 rings (SSSR count). The smallest absolute Gasteiger partial charge is 0.255 e. The van der Waals surface area contributed by atoms with Crippen molar-refractivity contribution in [2.24, 2.45) is 0 Å². The number of carbonyl (C=O) groups excluding carboxylic acids is 1. The summed E-state index contributed by atoms with van der Waals surface area (Å²) in [5.74, 6) is 0.446. The zero-order valence-electron chi connectivity index (χ0n) is 14.2. The summed E-state index contributed by atoms with van der Waals surface area (Å²) in [7, 11) is 0. The number of pyridine rings is 1. The van der Waals surface area contributed by atoms with Crippen LogP contribution in [0.25, 0.3) is 0 Å². The first-order valence-corrected chi connectivity index (χ1v) is 8.17. The molecule has 0 aliphatic heterocycles. The Bertz CT molecular complexity index is 915. The third-order valence-corrected chi connectivity index (χ3v) is 3.55. The summed E-state index contributed by atoms with van der Waals surface area (Å²) in [6.45, 7) is 2.45. The lowest BCUT2D eigenvalue weighted by molar-refractivity contribution is 0.102. The van der Waals surface area contributed by atoms with E-state index in [1.807, 2.05) is 31.2 Å². The van der Waals surface area contributed by atoms with E-state index in [9.17, 15) is 9.18 Å². The Labute approximate surface area is 150 Å². The monoisotopic (exact) mass is 351 g/mol. The van der Waals surface area contributed by atoms with Gasteiger partial charge in [0, 0.05) is 17.4 Å². The van der Waals surface area contributed by atoms with Crippen LogP contribution in [-0.4, -0.2) is 17.5 Å². The third kappa shape index (κ3) is 4.36. The minimum Gasteiger partial charge on any atom is -0.492 e. The Morgan fingerprint density at radius 1 is 1.12 bits per heavy atom. The van der Waals surface area contributed by atoms with Crippen LogP contribution in [0.3, 0.4) is 0 Å². The van der Waals surface area contributed by atoms with E-state index in [0.29, 0.717) is 29.4 Å². The fraction of sp³-hybridized carbons (Fsp3) is 0.100. The summed E-state index contributed by atoms with van der Waals surface area (Å²) in [6.07, 6.45) is 1.53. The number of hydrogen-bond acceptors (Lipinski definition) is 4. The summed E-state index contributed by atoms with van der Waals surface area (Å²) in [5.41, 5.74) is 1.55. The molecule has 1 amide bonds. The number of amides is 1. The van der Waals surface area contributed by atoms with Gasteiger partial charge in [-0.25, -0.2) is 9.37 Å². The largest absolute Gasteiger partial charge is 0.492 e. The van der Waals surface area contributed by atoms with Crippen LogP contribution in [0.5, 0.6) is 5.75 Å². The number of ether oxygens (including phenoxy) is 1. The van der Waals surface area contributed by atoms with Crippen LogP contribution in [-0.2, 0) is 0 Å². The topological polar surface area (TPSA) is 63.2 Å². The van der Waals surface area contributed by atoms with E-state index in [0.717, 1.165) is 5.69 Å². The first-order valence-electron chi connectivity index (χ1n) is 8.17. The van der Waals surface area contributed by atoms with Crippen LogP contribution >= 0.6 is 0 Å². The van der Waals surface area contributed by atoms with E-state index in [1.54, 1.807) is 18.2 Å². The van der Waals surface area contributed by atoms with Gasteiger partial charge in [0.15, 0.2) is 0 Å². The van der Waals surface area contributed by atoms with E-state index < -0.39 is 5.82 Å². The van der Waals surface area contributed by atoms with Gasteiger partial charge < -0.3 is 15.4 Å². The number of para-hydroxylation sites is 2. The molecule has 2 aromatic carbocycles. The van der Waals surface area contributed by atoms with E-state index in [4.69, 9.17) is 4.74 Å². The molecular formula is C20H18FN3O2. The standard InChI is InChI=1S/C20H18FN3O2/c1-2-26-18-9-4-3-8-17(18)24-19-12-14(10-11-22-19)20(25)23-16-7-5-6-15(21)13-16/h3-13H,2H2,1H3,(H,22,24)(H,23,25). The molecule has 0 bridgehead atoms. The number of rotatable bonds is 6. The number of hydrogen-bond donors (Lipinski definition) is 2. The van der Waals surface area contributed by atoms with Gasteiger partial charge in [-0.2, -0.15) is 0 Å². The molecule has 0 radical (unpaired) electrons. The molecule has 0 saturated carbocycles. The van der Waals surface area contributed by atoms with Crippen molar-refractivity contribution in [3.8, 4) is 5.75 Å². The molecular weight excluding hydrogens is 333 g/mol. The van der Waals surface area contributed by atoms with Crippen LogP contribution < -0.4 is 15.4 Å². The van der Waals surface area contributed by atoms with Gasteiger partial charge in [0.1, 0.15) is 17.4 Å². The molecule has 0 aliphatic carbocycles. The Morgan fingerprint density at radius 2 is 1.96 bits per heavy atom. The lowest BCUT2D eigenvalue weighted by Crippen LogP contribution is -2.12. The minimum atomic E-state index is -0.410. The molecule has 0 spiro atoms. The SMILES string of the molecule is CCOc1ccccc1Nc1cc(C(=O)Nc2cccc(F)c2)ccn1. The predicted molar refractivity (Wildman–Crippen MR) is 99.5 cm³/mol. The zero-order chi connectivity index (χ0) is 18.4. The van der Waals surface area contributed by atoms with Crippen molar-refractivity contribution in [1.29, 1.82) is 0 Å². The van der Waals surface area contributed by atoms with Crippen molar-refractivity contribution in [1.82, 2.24) is 4.98 Å². The van der Waals surface area contributed by atoms with Crippen molar-refractivity contribution >= 4 is 23.1 Å². The van der Waals surface area contributed by atoms with Crippen LogP contribution in [0.4, 0.5) is 21.6 Å². The number of carbonyl (C=O) groups is 1. The molecule has 0 aliphatic rings. The summed E-state index contributed by atoms with van der Waals surface area (Å²) in [6, 6.07) is 16.4. The average molecular weight is 351 g/mol. The summed E-state index contributed by atoms with van der Waals surface area (Å²) < 4.78 is 18.8. The lowest BCUT2D eigenvalue weighted by Gasteiger charge is -2.12. The van der Waals surface area contributed by atoms with Crippen LogP contribution in [0, 0.1) is 5.82 Å².